The van der Waals surface area contributed by atoms with Crippen LogP contribution >= 0.6 is 0 Å². The molecule has 1 fully saturated rings. The Labute approximate surface area is 185 Å². The Morgan fingerprint density at radius 3 is 2.41 bits per heavy atom. The lowest BCUT2D eigenvalue weighted by molar-refractivity contribution is -0.384. The van der Waals surface area contributed by atoms with Crippen molar-refractivity contribution in [2.75, 3.05) is 36.4 Å². The van der Waals surface area contributed by atoms with Crippen LogP contribution in [0.4, 0.5) is 23.0 Å². The molecule has 3 aromatic rings. The van der Waals surface area contributed by atoms with E-state index < -0.39 is 4.92 Å². The van der Waals surface area contributed by atoms with E-state index in [4.69, 9.17) is 0 Å². The summed E-state index contributed by atoms with van der Waals surface area (Å²) in [6.45, 7) is 6.13. The van der Waals surface area contributed by atoms with Gasteiger partial charge in [0.15, 0.2) is 0 Å². The van der Waals surface area contributed by atoms with Crippen molar-refractivity contribution in [2.45, 2.75) is 13.8 Å². The van der Waals surface area contributed by atoms with Crippen LogP contribution in [-0.2, 0) is 0 Å². The summed E-state index contributed by atoms with van der Waals surface area (Å²) < 4.78 is 0. The van der Waals surface area contributed by atoms with Gasteiger partial charge in [0.05, 0.1) is 4.92 Å². The van der Waals surface area contributed by atoms with Gasteiger partial charge in [0.1, 0.15) is 17.5 Å². The molecule has 0 unspecified atom stereocenters. The molecular formula is C23H24N6O3. The van der Waals surface area contributed by atoms with Gasteiger partial charge in [0.2, 0.25) is 0 Å². The molecule has 9 nitrogen and oxygen atoms in total. The number of rotatable bonds is 5. The molecule has 0 bridgehead atoms. The quantitative estimate of drug-likeness (QED) is 0.484. The van der Waals surface area contributed by atoms with E-state index in [1.165, 1.54) is 23.8 Å². The molecular weight excluding hydrogens is 408 g/mol. The second-order valence-corrected chi connectivity index (χ2v) is 7.74. The molecule has 1 aliphatic rings. The third-order valence-electron chi connectivity index (χ3n) is 5.34. The smallest absolute Gasteiger partial charge is 0.270 e. The first-order valence-electron chi connectivity index (χ1n) is 10.4. The number of nitrogens with one attached hydrogen (secondary N) is 1. The minimum absolute atomic E-state index is 0.0837. The van der Waals surface area contributed by atoms with Crippen LogP contribution < -0.4 is 10.2 Å². The zero-order chi connectivity index (χ0) is 22.7. The normalized spacial score (nSPS) is 13.7. The number of benzene rings is 2. The van der Waals surface area contributed by atoms with E-state index in [9.17, 15) is 14.9 Å². The Bertz CT molecular complexity index is 1140. The number of amides is 1. The summed E-state index contributed by atoms with van der Waals surface area (Å²) in [5.41, 5.74) is 2.38. The molecule has 0 saturated carbocycles. The average Bonchev–Trinajstić information content (AvgIpc) is 2.80. The van der Waals surface area contributed by atoms with Gasteiger partial charge in [-0.1, -0.05) is 23.8 Å². The molecule has 1 N–H and O–H groups in total. The number of aromatic nitrogens is 2. The van der Waals surface area contributed by atoms with Gasteiger partial charge in [-0.05, 0) is 32.0 Å². The second-order valence-electron chi connectivity index (χ2n) is 7.74. The van der Waals surface area contributed by atoms with E-state index in [0.29, 0.717) is 43.4 Å². The van der Waals surface area contributed by atoms with E-state index in [1.807, 2.05) is 44.2 Å². The lowest BCUT2D eigenvalue weighted by atomic mass is 10.1. The molecule has 1 aromatic heterocycles. The van der Waals surface area contributed by atoms with Gasteiger partial charge >= 0.3 is 0 Å². The highest BCUT2D eigenvalue weighted by Crippen LogP contribution is 2.22. The monoisotopic (exact) mass is 432 g/mol. The number of piperazine rings is 1. The van der Waals surface area contributed by atoms with Crippen molar-refractivity contribution in [1.29, 1.82) is 0 Å². The van der Waals surface area contributed by atoms with Gasteiger partial charge in [0.25, 0.3) is 11.6 Å². The molecule has 0 aliphatic carbocycles. The fourth-order valence-corrected chi connectivity index (χ4v) is 3.64. The largest absolute Gasteiger partial charge is 0.353 e. The van der Waals surface area contributed by atoms with E-state index >= 15 is 0 Å². The van der Waals surface area contributed by atoms with E-state index in [2.05, 4.69) is 20.2 Å². The minimum atomic E-state index is -0.492. The zero-order valence-corrected chi connectivity index (χ0v) is 18.0. The molecule has 2 aromatic carbocycles. The fourth-order valence-electron chi connectivity index (χ4n) is 3.64. The highest BCUT2D eigenvalue weighted by atomic mass is 16.6. The van der Waals surface area contributed by atoms with Crippen molar-refractivity contribution in [3.8, 4) is 0 Å². The molecule has 0 spiro atoms. The number of aryl methyl sites for hydroxylation is 2. The molecule has 32 heavy (non-hydrogen) atoms. The summed E-state index contributed by atoms with van der Waals surface area (Å²) in [7, 11) is 0. The van der Waals surface area contributed by atoms with Crippen molar-refractivity contribution in [3.05, 3.63) is 81.7 Å². The van der Waals surface area contributed by atoms with Crippen LogP contribution in [0.5, 0.6) is 0 Å². The number of hydrogen-bond acceptors (Lipinski definition) is 7. The van der Waals surface area contributed by atoms with Crippen LogP contribution in [0.15, 0.2) is 54.6 Å². The number of carbonyl (C=O) groups is 1. The number of anilines is 3. The average molecular weight is 432 g/mol. The Kier molecular flexibility index (Phi) is 5.98. The predicted octanol–water partition coefficient (Wildman–Crippen LogP) is 3.71. The van der Waals surface area contributed by atoms with Gasteiger partial charge in [-0.3, -0.25) is 14.9 Å². The first kappa shape index (κ1) is 21.2. The number of nitrogens with zero attached hydrogens (tertiary/aromatic N) is 5. The molecule has 2 heterocycles. The lowest BCUT2D eigenvalue weighted by Gasteiger charge is -2.35. The maximum absolute atomic E-state index is 12.8. The van der Waals surface area contributed by atoms with Crippen LogP contribution in [0, 0.1) is 24.0 Å². The van der Waals surface area contributed by atoms with Crippen molar-refractivity contribution in [2.24, 2.45) is 0 Å². The Morgan fingerprint density at radius 1 is 1.00 bits per heavy atom. The fraction of sp³-hybridized carbons (Fsp3) is 0.261. The Balaban J connectivity index is 1.43. The summed E-state index contributed by atoms with van der Waals surface area (Å²) >= 11 is 0. The molecule has 4 rings (SSSR count). The summed E-state index contributed by atoms with van der Waals surface area (Å²) in [5, 5.41) is 14.3. The van der Waals surface area contributed by atoms with Gasteiger partial charge in [-0.2, -0.15) is 0 Å². The summed E-state index contributed by atoms with van der Waals surface area (Å²) in [6, 6.07) is 15.8. The maximum atomic E-state index is 12.8. The number of non-ortho nitro benzene ring substituents is 1. The molecule has 0 radical (unpaired) electrons. The SMILES string of the molecule is Cc1ccc(Nc2cc(N3CCN(C(=O)c4cccc([N+](=O)[O-])c4)CC3)nc(C)n2)cc1. The van der Waals surface area contributed by atoms with Crippen molar-refractivity contribution in [3.63, 3.8) is 0 Å². The van der Waals surface area contributed by atoms with E-state index in [1.54, 1.807) is 11.0 Å². The first-order valence-corrected chi connectivity index (χ1v) is 10.4. The van der Waals surface area contributed by atoms with Gasteiger partial charge < -0.3 is 15.1 Å². The third kappa shape index (κ3) is 4.83. The van der Waals surface area contributed by atoms with E-state index in [-0.39, 0.29) is 11.6 Å². The maximum Gasteiger partial charge on any atom is 0.270 e. The van der Waals surface area contributed by atoms with E-state index in [0.717, 1.165) is 11.5 Å². The highest BCUT2D eigenvalue weighted by Gasteiger charge is 2.24. The van der Waals surface area contributed by atoms with Gasteiger partial charge in [-0.15, -0.1) is 0 Å². The predicted molar refractivity (Wildman–Crippen MR) is 122 cm³/mol. The number of hydrogen-bond donors (Lipinski definition) is 1. The van der Waals surface area contributed by atoms with Crippen LogP contribution in [-0.4, -0.2) is 51.9 Å². The molecule has 0 atom stereocenters. The van der Waals surface area contributed by atoms with Gasteiger partial charge in [0, 0.05) is 55.6 Å². The molecule has 1 aliphatic heterocycles. The number of nitro benzene ring substituents is 1. The van der Waals surface area contributed by atoms with Gasteiger partial charge in [-0.25, -0.2) is 9.97 Å². The van der Waals surface area contributed by atoms with Crippen LogP contribution in [0.25, 0.3) is 0 Å². The van der Waals surface area contributed by atoms with Crippen LogP contribution in [0.3, 0.4) is 0 Å². The van der Waals surface area contributed by atoms with Crippen molar-refractivity contribution >= 4 is 28.9 Å². The molecule has 9 heteroatoms. The summed E-state index contributed by atoms with van der Waals surface area (Å²) in [4.78, 5) is 36.2. The summed E-state index contributed by atoms with van der Waals surface area (Å²) in [5.74, 6) is 1.97. The van der Waals surface area contributed by atoms with Crippen molar-refractivity contribution in [1.82, 2.24) is 14.9 Å². The topological polar surface area (TPSA) is 104 Å². The Morgan fingerprint density at radius 2 is 1.72 bits per heavy atom. The first-order chi connectivity index (χ1) is 15.4. The highest BCUT2D eigenvalue weighted by molar-refractivity contribution is 5.95. The summed E-state index contributed by atoms with van der Waals surface area (Å²) in [6.07, 6.45) is 0. The number of carbonyl (C=O) groups excluding carboxylic acids is 1. The minimum Gasteiger partial charge on any atom is -0.353 e. The third-order valence-corrected chi connectivity index (χ3v) is 5.34. The van der Waals surface area contributed by atoms with Crippen molar-refractivity contribution < 1.29 is 9.72 Å². The Hall–Kier alpha value is -4.01. The molecule has 1 saturated heterocycles. The van der Waals surface area contributed by atoms with Crippen LogP contribution in [0.1, 0.15) is 21.7 Å². The number of nitro groups is 1. The lowest BCUT2D eigenvalue weighted by Crippen LogP contribution is -2.49. The standard InChI is InChI=1S/C23H24N6O3/c1-16-6-8-19(9-7-16)26-21-15-22(25-17(2)24-21)27-10-12-28(13-11-27)23(30)18-4-3-5-20(14-18)29(31)32/h3-9,14-15H,10-13H2,1-2H3,(H,24,25,26). The molecule has 1 amide bonds. The zero-order valence-electron chi connectivity index (χ0n) is 18.0. The second kappa shape index (κ2) is 9.01. The molecule has 164 valence electrons. The van der Waals surface area contributed by atoms with Crippen LogP contribution in [0.2, 0.25) is 0 Å².